The zero-order chi connectivity index (χ0) is 25.4. The van der Waals surface area contributed by atoms with Crippen LogP contribution in [0.15, 0.2) is 67.4 Å². The van der Waals surface area contributed by atoms with Crippen LogP contribution < -0.4 is 14.8 Å². The van der Waals surface area contributed by atoms with Crippen LogP contribution in [-0.2, 0) is 0 Å². The maximum absolute atomic E-state index is 11.2. The number of carbonyl (C=O) groups is 1. The van der Waals surface area contributed by atoms with E-state index < -0.39 is 6.09 Å². The van der Waals surface area contributed by atoms with Crippen molar-refractivity contribution in [3.05, 3.63) is 72.9 Å². The molecule has 5 aromatic rings. The number of hydrogen-bond acceptors (Lipinski definition) is 8. The molecule has 11 heteroatoms. The molecular weight excluding hydrogens is 474 g/mol. The van der Waals surface area contributed by atoms with Gasteiger partial charge in [-0.3, -0.25) is 0 Å². The molecule has 37 heavy (non-hydrogen) atoms. The Morgan fingerprint density at radius 2 is 1.97 bits per heavy atom. The average Bonchev–Trinajstić information content (AvgIpc) is 3.55. The van der Waals surface area contributed by atoms with E-state index in [1.807, 2.05) is 55.5 Å². The van der Waals surface area contributed by atoms with Crippen molar-refractivity contribution in [2.24, 2.45) is 0 Å². The minimum atomic E-state index is -0.924. The minimum Gasteiger partial charge on any atom is -0.488 e. The molecule has 2 aromatic carbocycles. The van der Waals surface area contributed by atoms with Gasteiger partial charge in [0.05, 0.1) is 12.1 Å². The van der Waals surface area contributed by atoms with Gasteiger partial charge in [-0.1, -0.05) is 0 Å². The van der Waals surface area contributed by atoms with Crippen molar-refractivity contribution in [3.8, 4) is 17.2 Å². The first kappa shape index (κ1) is 22.5. The third kappa shape index (κ3) is 4.66. The van der Waals surface area contributed by atoms with E-state index in [0.717, 1.165) is 27.9 Å². The second-order valence-electron chi connectivity index (χ2n) is 8.79. The van der Waals surface area contributed by atoms with Crippen LogP contribution in [0, 0.1) is 6.92 Å². The van der Waals surface area contributed by atoms with Gasteiger partial charge in [-0.05, 0) is 55.0 Å². The summed E-state index contributed by atoms with van der Waals surface area (Å²) < 4.78 is 13.8. The smallest absolute Gasteiger partial charge is 0.407 e. The Balaban J connectivity index is 1.20. The number of aromatic nitrogens is 5. The molecule has 1 saturated heterocycles. The lowest BCUT2D eigenvalue weighted by Gasteiger charge is -2.16. The molecule has 0 unspecified atom stereocenters. The molecule has 0 bridgehead atoms. The first-order chi connectivity index (χ1) is 18.0. The van der Waals surface area contributed by atoms with Gasteiger partial charge in [0.15, 0.2) is 5.65 Å². The van der Waals surface area contributed by atoms with E-state index >= 15 is 0 Å². The summed E-state index contributed by atoms with van der Waals surface area (Å²) in [7, 11) is 0. The minimum absolute atomic E-state index is 0.185. The summed E-state index contributed by atoms with van der Waals surface area (Å²) in [6, 6.07) is 15.1. The number of hydrogen-bond donors (Lipinski definition) is 2. The summed E-state index contributed by atoms with van der Waals surface area (Å²) in [5.41, 5.74) is 3.26. The molecule has 6 rings (SSSR count). The summed E-state index contributed by atoms with van der Waals surface area (Å²) in [6.07, 6.45) is 4.36. The Labute approximate surface area is 211 Å². The van der Waals surface area contributed by atoms with Crippen LogP contribution in [0.1, 0.15) is 12.0 Å². The highest BCUT2D eigenvalue weighted by molar-refractivity contribution is 5.91. The maximum atomic E-state index is 11.2. The van der Waals surface area contributed by atoms with Gasteiger partial charge in [0.1, 0.15) is 41.8 Å². The van der Waals surface area contributed by atoms with Crippen molar-refractivity contribution in [2.45, 2.75) is 19.4 Å². The van der Waals surface area contributed by atoms with E-state index in [9.17, 15) is 9.90 Å². The standard InChI is InChI=1S/C26H23N7O4/c1-16-10-17(2-5-23(16)37-19-7-9-33-24(12-19)28-15-30-33)31-25-21-11-18(3-4-22(21)27-14-29-25)36-20-6-8-32(13-20)26(34)35/h2-5,7,9-12,14-15,20H,6,8,13H2,1H3,(H,34,35)(H,27,29,31)/t20-/m0/s1. The molecule has 1 aliphatic heterocycles. The summed E-state index contributed by atoms with van der Waals surface area (Å²) >= 11 is 0. The van der Waals surface area contributed by atoms with Crippen LogP contribution in [0.25, 0.3) is 16.6 Å². The van der Waals surface area contributed by atoms with Crippen LogP contribution in [0.5, 0.6) is 17.2 Å². The fraction of sp³-hybridized carbons (Fsp3) is 0.192. The number of rotatable bonds is 6. The molecular formula is C26H23N7O4. The van der Waals surface area contributed by atoms with Crippen molar-refractivity contribution < 1.29 is 19.4 Å². The highest BCUT2D eigenvalue weighted by Crippen LogP contribution is 2.31. The van der Waals surface area contributed by atoms with Gasteiger partial charge in [0, 0.05) is 36.3 Å². The fourth-order valence-electron chi connectivity index (χ4n) is 4.36. The number of ether oxygens (including phenoxy) is 2. The summed E-state index contributed by atoms with van der Waals surface area (Å²) in [5.74, 6) is 2.68. The van der Waals surface area contributed by atoms with Gasteiger partial charge in [0.2, 0.25) is 0 Å². The number of pyridine rings is 1. The largest absolute Gasteiger partial charge is 0.488 e. The van der Waals surface area contributed by atoms with Crippen LogP contribution >= 0.6 is 0 Å². The van der Waals surface area contributed by atoms with E-state index in [1.165, 1.54) is 17.6 Å². The van der Waals surface area contributed by atoms with E-state index in [-0.39, 0.29) is 6.10 Å². The number of aryl methyl sites for hydroxylation is 1. The van der Waals surface area contributed by atoms with Crippen molar-refractivity contribution in [1.82, 2.24) is 29.5 Å². The van der Waals surface area contributed by atoms with Crippen LogP contribution in [0.2, 0.25) is 0 Å². The third-order valence-electron chi connectivity index (χ3n) is 6.24. The number of benzene rings is 2. The molecule has 2 N–H and O–H groups in total. The summed E-state index contributed by atoms with van der Waals surface area (Å²) in [6.45, 7) is 2.80. The van der Waals surface area contributed by atoms with E-state index in [1.54, 1.807) is 10.7 Å². The number of nitrogens with one attached hydrogen (secondary N) is 1. The monoisotopic (exact) mass is 497 g/mol. The Morgan fingerprint density at radius 3 is 2.81 bits per heavy atom. The Hall–Kier alpha value is -4.93. The number of carboxylic acid groups (broad SMARTS) is 1. The van der Waals surface area contributed by atoms with E-state index in [2.05, 4.69) is 25.4 Å². The lowest BCUT2D eigenvalue weighted by Crippen LogP contribution is -2.29. The van der Waals surface area contributed by atoms with Gasteiger partial charge < -0.3 is 24.8 Å². The SMILES string of the molecule is Cc1cc(Nc2ncnc3ccc(O[C@H]4CCN(C(=O)O)C4)cc23)ccc1Oc1ccn2ncnc2c1. The Morgan fingerprint density at radius 1 is 1.05 bits per heavy atom. The van der Waals surface area contributed by atoms with Gasteiger partial charge in [-0.2, -0.15) is 5.10 Å². The molecule has 11 nitrogen and oxygen atoms in total. The molecule has 4 heterocycles. The molecule has 186 valence electrons. The molecule has 1 aliphatic rings. The van der Waals surface area contributed by atoms with Crippen LogP contribution in [0.3, 0.4) is 0 Å². The first-order valence-corrected chi connectivity index (χ1v) is 11.8. The number of nitrogens with zero attached hydrogens (tertiary/aromatic N) is 6. The summed E-state index contributed by atoms with van der Waals surface area (Å²) in [5, 5.41) is 17.5. The van der Waals surface area contributed by atoms with Gasteiger partial charge in [0.25, 0.3) is 0 Å². The van der Waals surface area contributed by atoms with Crippen LogP contribution in [-0.4, -0.2) is 59.9 Å². The Kier molecular flexibility index (Phi) is 5.64. The average molecular weight is 498 g/mol. The molecule has 0 aliphatic carbocycles. The van der Waals surface area contributed by atoms with E-state index in [4.69, 9.17) is 9.47 Å². The number of likely N-dealkylation sites (tertiary alicyclic amines) is 1. The molecule has 0 radical (unpaired) electrons. The van der Waals surface area contributed by atoms with Gasteiger partial charge in [-0.15, -0.1) is 0 Å². The highest BCUT2D eigenvalue weighted by Gasteiger charge is 2.27. The number of anilines is 2. The predicted octanol–water partition coefficient (Wildman–Crippen LogP) is 4.65. The Bertz CT molecular complexity index is 1620. The second-order valence-corrected chi connectivity index (χ2v) is 8.79. The molecule has 0 spiro atoms. The first-order valence-electron chi connectivity index (χ1n) is 11.8. The normalized spacial score (nSPS) is 15.3. The van der Waals surface area contributed by atoms with Gasteiger partial charge >= 0.3 is 6.09 Å². The molecule has 1 atom stereocenters. The lowest BCUT2D eigenvalue weighted by molar-refractivity contribution is 0.145. The second kappa shape index (κ2) is 9.26. The zero-order valence-electron chi connectivity index (χ0n) is 19.9. The molecule has 1 amide bonds. The fourth-order valence-corrected chi connectivity index (χ4v) is 4.36. The maximum Gasteiger partial charge on any atom is 0.407 e. The number of amides is 1. The predicted molar refractivity (Wildman–Crippen MR) is 136 cm³/mol. The van der Waals surface area contributed by atoms with Crippen LogP contribution in [0.4, 0.5) is 16.3 Å². The summed E-state index contributed by atoms with van der Waals surface area (Å²) in [4.78, 5) is 25.6. The quantitative estimate of drug-likeness (QED) is 0.345. The van der Waals surface area contributed by atoms with Crippen molar-refractivity contribution in [1.29, 1.82) is 0 Å². The zero-order valence-corrected chi connectivity index (χ0v) is 19.9. The molecule has 3 aromatic heterocycles. The topological polar surface area (TPSA) is 127 Å². The lowest BCUT2D eigenvalue weighted by atomic mass is 10.2. The van der Waals surface area contributed by atoms with Crippen molar-refractivity contribution >= 4 is 34.1 Å². The van der Waals surface area contributed by atoms with Crippen molar-refractivity contribution in [2.75, 3.05) is 18.4 Å². The third-order valence-corrected chi connectivity index (χ3v) is 6.24. The molecule has 0 saturated carbocycles. The highest BCUT2D eigenvalue weighted by atomic mass is 16.5. The number of fused-ring (bicyclic) bond motifs is 2. The van der Waals surface area contributed by atoms with Crippen molar-refractivity contribution in [3.63, 3.8) is 0 Å². The molecule has 1 fully saturated rings. The van der Waals surface area contributed by atoms with E-state index in [0.29, 0.717) is 42.5 Å². The van der Waals surface area contributed by atoms with Gasteiger partial charge in [-0.25, -0.2) is 24.3 Å².